The predicted octanol–water partition coefficient (Wildman–Crippen LogP) is 3.14. The number of amides is 2. The number of rotatable bonds is 6. The minimum Gasteiger partial charge on any atom is -0.352 e. The van der Waals surface area contributed by atoms with Gasteiger partial charge in [0.1, 0.15) is 0 Å². The number of hydrogen-bond donors (Lipinski definition) is 4. The second kappa shape index (κ2) is 9.68. The summed E-state index contributed by atoms with van der Waals surface area (Å²) in [7, 11) is 1.75. The Morgan fingerprint density at radius 2 is 1.76 bits per heavy atom. The molecule has 4 N–H and O–H groups in total. The van der Waals surface area contributed by atoms with Crippen LogP contribution in [0.1, 0.15) is 25.0 Å². The fourth-order valence-electron chi connectivity index (χ4n) is 2.12. The van der Waals surface area contributed by atoms with E-state index in [0.29, 0.717) is 6.54 Å². The third-order valence-corrected chi connectivity index (χ3v) is 4.09. The van der Waals surface area contributed by atoms with Gasteiger partial charge in [-0.2, -0.15) is 11.3 Å². The van der Waals surface area contributed by atoms with Gasteiger partial charge < -0.3 is 21.3 Å². The van der Waals surface area contributed by atoms with E-state index in [1.54, 1.807) is 18.4 Å². The Hall–Kier alpha value is -2.54. The summed E-state index contributed by atoms with van der Waals surface area (Å²) < 4.78 is 0. The smallest absolute Gasteiger partial charge is 0.319 e. The number of thiophene rings is 1. The Bertz CT molecular complexity index is 680. The van der Waals surface area contributed by atoms with E-state index in [4.69, 9.17) is 0 Å². The van der Waals surface area contributed by atoms with Crippen LogP contribution in [0.3, 0.4) is 0 Å². The summed E-state index contributed by atoms with van der Waals surface area (Å²) in [4.78, 5) is 15.9. The number of anilines is 1. The Labute approximate surface area is 152 Å². The number of nitrogens with zero attached hydrogens (tertiary/aromatic N) is 1. The number of carbonyl (C=O) groups excluding carboxylic acids is 1. The first kappa shape index (κ1) is 18.8. The normalized spacial score (nSPS) is 11.3. The zero-order valence-electron chi connectivity index (χ0n) is 14.8. The van der Waals surface area contributed by atoms with E-state index in [-0.39, 0.29) is 12.1 Å². The lowest BCUT2D eigenvalue weighted by atomic mass is 10.2. The third kappa shape index (κ3) is 6.84. The Morgan fingerprint density at radius 3 is 2.32 bits per heavy atom. The molecule has 0 saturated heterocycles. The molecule has 0 aliphatic heterocycles. The van der Waals surface area contributed by atoms with Crippen LogP contribution in [0.5, 0.6) is 0 Å². The first-order valence-electron chi connectivity index (χ1n) is 8.19. The molecule has 0 fully saturated rings. The van der Waals surface area contributed by atoms with E-state index in [2.05, 4.69) is 43.1 Å². The number of urea groups is 1. The Morgan fingerprint density at radius 1 is 1.08 bits per heavy atom. The molecule has 1 aromatic carbocycles. The van der Waals surface area contributed by atoms with Crippen LogP contribution in [-0.2, 0) is 13.1 Å². The fraction of sp³-hybridized carbons (Fsp3) is 0.333. The van der Waals surface area contributed by atoms with Gasteiger partial charge in [-0.15, -0.1) is 0 Å². The molecule has 0 radical (unpaired) electrons. The van der Waals surface area contributed by atoms with E-state index in [0.717, 1.165) is 23.8 Å². The molecule has 134 valence electrons. The minimum atomic E-state index is -0.195. The molecule has 0 atom stereocenters. The molecule has 0 aliphatic carbocycles. The van der Waals surface area contributed by atoms with Gasteiger partial charge in [-0.3, -0.25) is 4.99 Å². The van der Waals surface area contributed by atoms with Gasteiger partial charge >= 0.3 is 6.03 Å². The molecule has 6 nitrogen and oxygen atoms in total. The lowest BCUT2D eigenvalue weighted by Crippen LogP contribution is -2.36. The molecular formula is C18H25N5OS. The number of nitrogens with one attached hydrogen (secondary N) is 4. The average Bonchev–Trinajstić information content (AvgIpc) is 3.09. The summed E-state index contributed by atoms with van der Waals surface area (Å²) >= 11 is 1.68. The largest absolute Gasteiger partial charge is 0.352 e. The summed E-state index contributed by atoms with van der Waals surface area (Å²) in [5.41, 5.74) is 3.11. The van der Waals surface area contributed by atoms with Gasteiger partial charge in [-0.25, -0.2) is 4.79 Å². The molecule has 25 heavy (non-hydrogen) atoms. The number of benzene rings is 1. The quantitative estimate of drug-likeness (QED) is 0.473. The van der Waals surface area contributed by atoms with Gasteiger partial charge in [0.15, 0.2) is 5.96 Å². The number of carbonyl (C=O) groups is 1. The standard InChI is InChI=1S/C18H25N5OS/c1-13(2)22-18(24)23-16-6-4-14(5-7-16)10-20-17(19-3)21-11-15-8-9-25-12-15/h4-9,12-13H,10-11H2,1-3H3,(H2,19,20,21)(H2,22,23,24). The second-order valence-corrected chi connectivity index (χ2v) is 6.64. The van der Waals surface area contributed by atoms with Crippen LogP contribution >= 0.6 is 11.3 Å². The van der Waals surface area contributed by atoms with Gasteiger partial charge in [0.2, 0.25) is 0 Å². The van der Waals surface area contributed by atoms with Crippen molar-refractivity contribution in [1.29, 1.82) is 0 Å². The van der Waals surface area contributed by atoms with Crippen molar-refractivity contribution >= 4 is 29.0 Å². The molecule has 0 aliphatic rings. The summed E-state index contributed by atoms with van der Waals surface area (Å²) in [6.45, 7) is 5.25. The van der Waals surface area contributed by atoms with Crippen molar-refractivity contribution in [3.05, 3.63) is 52.2 Å². The van der Waals surface area contributed by atoms with Crippen molar-refractivity contribution in [2.75, 3.05) is 12.4 Å². The fourth-order valence-corrected chi connectivity index (χ4v) is 2.79. The van der Waals surface area contributed by atoms with Gasteiger partial charge in [0, 0.05) is 31.9 Å². The second-order valence-electron chi connectivity index (χ2n) is 5.86. The Balaban J connectivity index is 1.78. The molecule has 2 aromatic rings. The highest BCUT2D eigenvalue weighted by Gasteiger charge is 2.04. The molecule has 7 heteroatoms. The molecule has 2 rings (SSSR count). The monoisotopic (exact) mass is 359 g/mol. The average molecular weight is 359 g/mol. The summed E-state index contributed by atoms with van der Waals surface area (Å²) in [6, 6.07) is 9.73. The van der Waals surface area contributed by atoms with Crippen molar-refractivity contribution in [3.63, 3.8) is 0 Å². The first-order chi connectivity index (χ1) is 12.1. The molecule has 0 spiro atoms. The maximum Gasteiger partial charge on any atom is 0.319 e. The lowest BCUT2D eigenvalue weighted by molar-refractivity contribution is 0.250. The van der Waals surface area contributed by atoms with Crippen LogP contribution in [-0.4, -0.2) is 25.1 Å². The topological polar surface area (TPSA) is 77.5 Å². The van der Waals surface area contributed by atoms with Crippen LogP contribution in [0, 0.1) is 0 Å². The van der Waals surface area contributed by atoms with Crippen LogP contribution in [0.2, 0.25) is 0 Å². The van der Waals surface area contributed by atoms with Crippen molar-refractivity contribution in [3.8, 4) is 0 Å². The zero-order valence-corrected chi connectivity index (χ0v) is 15.6. The SMILES string of the molecule is CN=C(NCc1ccc(NC(=O)NC(C)C)cc1)NCc1ccsc1. The van der Waals surface area contributed by atoms with Gasteiger partial charge in [0.25, 0.3) is 0 Å². The first-order valence-corrected chi connectivity index (χ1v) is 9.13. The van der Waals surface area contributed by atoms with E-state index in [1.807, 2.05) is 38.1 Å². The van der Waals surface area contributed by atoms with E-state index in [1.165, 1.54) is 5.56 Å². The van der Waals surface area contributed by atoms with E-state index in [9.17, 15) is 4.79 Å². The molecule has 1 aromatic heterocycles. The Kier molecular flexibility index (Phi) is 7.28. The highest BCUT2D eigenvalue weighted by molar-refractivity contribution is 7.07. The van der Waals surface area contributed by atoms with Crippen molar-refractivity contribution in [2.45, 2.75) is 33.0 Å². The molecule has 0 saturated carbocycles. The minimum absolute atomic E-state index is 0.108. The molecule has 1 heterocycles. The highest BCUT2D eigenvalue weighted by Crippen LogP contribution is 2.09. The van der Waals surface area contributed by atoms with Gasteiger partial charge in [-0.05, 0) is 53.9 Å². The highest BCUT2D eigenvalue weighted by atomic mass is 32.1. The molecule has 0 unspecified atom stereocenters. The van der Waals surface area contributed by atoms with Gasteiger partial charge in [0.05, 0.1) is 0 Å². The molecular weight excluding hydrogens is 334 g/mol. The van der Waals surface area contributed by atoms with E-state index < -0.39 is 0 Å². The van der Waals surface area contributed by atoms with Crippen molar-refractivity contribution in [1.82, 2.24) is 16.0 Å². The maximum atomic E-state index is 11.7. The van der Waals surface area contributed by atoms with E-state index >= 15 is 0 Å². The maximum absolute atomic E-state index is 11.7. The van der Waals surface area contributed by atoms with Gasteiger partial charge in [-0.1, -0.05) is 12.1 Å². The van der Waals surface area contributed by atoms with Crippen molar-refractivity contribution < 1.29 is 4.79 Å². The van der Waals surface area contributed by atoms with Crippen LogP contribution in [0.25, 0.3) is 0 Å². The van der Waals surface area contributed by atoms with Crippen LogP contribution in [0.4, 0.5) is 10.5 Å². The third-order valence-electron chi connectivity index (χ3n) is 3.36. The van der Waals surface area contributed by atoms with Crippen LogP contribution < -0.4 is 21.3 Å². The number of aliphatic imine (C=N–C) groups is 1. The summed E-state index contributed by atoms with van der Waals surface area (Å²) in [6.07, 6.45) is 0. The molecule has 0 bridgehead atoms. The predicted molar refractivity (Wildman–Crippen MR) is 105 cm³/mol. The summed E-state index contributed by atoms with van der Waals surface area (Å²) in [5.74, 6) is 0.754. The summed E-state index contributed by atoms with van der Waals surface area (Å²) in [5, 5.41) is 16.3. The number of hydrogen-bond acceptors (Lipinski definition) is 3. The van der Waals surface area contributed by atoms with Crippen molar-refractivity contribution in [2.24, 2.45) is 4.99 Å². The van der Waals surface area contributed by atoms with Crippen LogP contribution in [0.15, 0.2) is 46.1 Å². The molecule has 2 amide bonds. The number of guanidine groups is 1. The lowest BCUT2D eigenvalue weighted by Gasteiger charge is -2.12. The zero-order chi connectivity index (χ0) is 18.1.